The van der Waals surface area contributed by atoms with Crippen LogP contribution in [0.5, 0.6) is 0 Å². The Morgan fingerprint density at radius 1 is 0.838 bits per heavy atom. The second kappa shape index (κ2) is 24.4. The van der Waals surface area contributed by atoms with Gasteiger partial charge < -0.3 is 62.8 Å². The van der Waals surface area contributed by atoms with Crippen LogP contribution in [0.25, 0.3) is 10.9 Å². The topological polar surface area (TPSA) is 333 Å². The third-order valence-electron chi connectivity index (χ3n) is 12.9. The number of benzene rings is 2. The number of fused-ring (bicyclic) bond motifs is 2. The SMILES string of the molecule is N=C(N)NCCC[C@@H]1NC(=O)[C@H](Cc2c[nH]c3ccccc23)NC(=O)[C@@H](C[C@H]2CC[C@@H](O)CC2)NC(=O)[C@@H]2C[C@@H](O)CN2C(=O)[C@@H](NC(=O)[C@H](Cc2ccccc2)NCC(=O)O)CCCNC1=O. The lowest BCUT2D eigenvalue weighted by molar-refractivity contribution is -0.143. The van der Waals surface area contributed by atoms with Crippen molar-refractivity contribution in [1.82, 2.24) is 47.1 Å². The number of carbonyl (C=O) groups is 7. The van der Waals surface area contributed by atoms with Gasteiger partial charge in [0.1, 0.15) is 30.2 Å². The number of rotatable bonds is 15. The molecule has 0 spiro atoms. The van der Waals surface area contributed by atoms with E-state index in [-0.39, 0.29) is 76.5 Å². The first kappa shape index (κ1) is 50.8. The van der Waals surface area contributed by atoms with Gasteiger partial charge in [-0.05, 0) is 87.3 Å². The zero-order chi connectivity index (χ0) is 48.7. The van der Waals surface area contributed by atoms with E-state index >= 15 is 0 Å². The molecule has 0 bridgehead atoms. The van der Waals surface area contributed by atoms with Crippen LogP contribution in [0, 0.1) is 11.3 Å². The molecule has 1 aliphatic carbocycles. The number of guanidine groups is 1. The van der Waals surface area contributed by atoms with Gasteiger partial charge in [-0.1, -0.05) is 48.5 Å². The third kappa shape index (κ3) is 14.5. The largest absolute Gasteiger partial charge is 0.480 e. The number of amides is 6. The summed E-state index contributed by atoms with van der Waals surface area (Å²) in [7, 11) is 0. The van der Waals surface area contributed by atoms with E-state index in [9.17, 15) is 48.9 Å². The zero-order valence-electron chi connectivity index (χ0n) is 38.0. The summed E-state index contributed by atoms with van der Waals surface area (Å²) in [6.45, 7) is -0.636. The predicted molar refractivity (Wildman–Crippen MR) is 249 cm³/mol. The number of aliphatic hydroxyl groups excluding tert-OH is 2. The predicted octanol–water partition coefficient (Wildman–Crippen LogP) is -0.989. The molecule has 0 unspecified atom stereocenters. The molecule has 6 rings (SSSR count). The summed E-state index contributed by atoms with van der Waals surface area (Å²) in [6, 6.07) is 9.02. The molecule has 2 aromatic carbocycles. The third-order valence-corrected chi connectivity index (χ3v) is 12.9. The molecule has 7 atom stereocenters. The van der Waals surface area contributed by atoms with Gasteiger partial charge in [0.05, 0.1) is 24.8 Å². The van der Waals surface area contributed by atoms with E-state index < -0.39 is 96.4 Å². The summed E-state index contributed by atoms with van der Waals surface area (Å²) >= 11 is 0. The Morgan fingerprint density at radius 2 is 1.53 bits per heavy atom. The molecule has 6 amide bonds. The molecule has 1 aromatic heterocycles. The summed E-state index contributed by atoms with van der Waals surface area (Å²) in [5.74, 6) is -5.65. The van der Waals surface area contributed by atoms with Crippen LogP contribution in [0.3, 0.4) is 0 Å². The van der Waals surface area contributed by atoms with Crippen LogP contribution < -0.4 is 43.0 Å². The van der Waals surface area contributed by atoms with Crippen molar-refractivity contribution in [3.05, 3.63) is 71.9 Å². The molecule has 3 aromatic rings. The lowest BCUT2D eigenvalue weighted by atomic mass is 9.83. The first-order chi connectivity index (χ1) is 32.6. The average molecular weight is 944 g/mol. The monoisotopic (exact) mass is 943 g/mol. The van der Waals surface area contributed by atoms with E-state index in [0.717, 1.165) is 16.5 Å². The van der Waals surface area contributed by atoms with Crippen LogP contribution >= 0.6 is 0 Å². The van der Waals surface area contributed by atoms with Crippen LogP contribution in [0.15, 0.2) is 60.8 Å². The summed E-state index contributed by atoms with van der Waals surface area (Å²) in [4.78, 5) is 102. The maximum Gasteiger partial charge on any atom is 0.317 e. The van der Waals surface area contributed by atoms with Crippen molar-refractivity contribution in [2.24, 2.45) is 11.7 Å². The zero-order valence-corrected chi connectivity index (χ0v) is 38.0. The molecule has 3 fully saturated rings. The fraction of sp³-hybridized carbons (Fsp3) is 0.532. The smallest absolute Gasteiger partial charge is 0.317 e. The number of nitrogens with one attached hydrogen (secondary N) is 9. The van der Waals surface area contributed by atoms with Crippen molar-refractivity contribution in [2.75, 3.05) is 26.2 Å². The van der Waals surface area contributed by atoms with Crippen LogP contribution in [0.2, 0.25) is 0 Å². The number of aliphatic carboxylic acids is 1. The first-order valence-electron chi connectivity index (χ1n) is 23.4. The molecule has 3 aliphatic rings. The Labute approximate surface area is 394 Å². The van der Waals surface area contributed by atoms with Gasteiger partial charge in [-0.15, -0.1) is 0 Å². The second-order valence-corrected chi connectivity index (χ2v) is 18.0. The van der Waals surface area contributed by atoms with Crippen molar-refractivity contribution in [3.8, 4) is 0 Å². The van der Waals surface area contributed by atoms with Crippen LogP contribution in [0.1, 0.15) is 75.3 Å². The molecular weight excluding hydrogens is 879 g/mol. The van der Waals surface area contributed by atoms with E-state index in [1.54, 1.807) is 36.5 Å². The Hall–Kier alpha value is -6.58. The number of para-hydroxylation sites is 1. The molecule has 3 heterocycles. The maximum atomic E-state index is 14.7. The number of nitrogens with two attached hydrogens (primary N) is 1. The normalized spacial score (nSPS) is 26.0. The van der Waals surface area contributed by atoms with Gasteiger partial charge >= 0.3 is 5.97 Å². The van der Waals surface area contributed by atoms with Gasteiger partial charge in [0.2, 0.25) is 35.4 Å². The van der Waals surface area contributed by atoms with Gasteiger partial charge in [0.15, 0.2) is 5.96 Å². The quantitative estimate of drug-likeness (QED) is 0.0496. The standard InChI is InChI=1S/C47H65N11O10/c48-47(49)51-19-6-12-34-41(63)50-18-7-13-35(55-42(64)36(53-25-40(61)62)20-27-8-2-1-3-9-27)46(68)58-26-31(60)23-39(58)45(67)57-37(21-28-14-16-30(59)17-15-28)43(65)56-38(44(66)54-34)22-29-24-52-33-11-5-4-10-32(29)33/h1-5,8-11,24,28,30-31,34-39,52-53,59-60H,6-7,12-23,25-26H2,(H,50,63)(H,54,66)(H,55,64)(H,56,65)(H,57,67)(H,61,62)(H4,48,49,51)/t28-,30+,31-,34+,35+,36+,37-,38+,39+/m1/s1. The minimum atomic E-state index is -1.31. The van der Waals surface area contributed by atoms with Crippen LogP contribution in [0.4, 0.5) is 0 Å². The van der Waals surface area contributed by atoms with E-state index in [0.29, 0.717) is 37.7 Å². The van der Waals surface area contributed by atoms with Crippen molar-refractivity contribution in [2.45, 2.75) is 126 Å². The summed E-state index contributed by atoms with van der Waals surface area (Å²) in [6.07, 6.45) is 2.70. The first-order valence-corrected chi connectivity index (χ1v) is 23.4. The number of carbonyl (C=O) groups excluding carboxylic acids is 6. The molecule has 0 radical (unpaired) electrons. The molecular formula is C47H65N11O10. The highest BCUT2D eigenvalue weighted by atomic mass is 16.4. The fourth-order valence-electron chi connectivity index (χ4n) is 9.28. The maximum absolute atomic E-state index is 14.7. The highest BCUT2D eigenvalue weighted by Crippen LogP contribution is 2.29. The number of aromatic amines is 1. The molecule has 2 saturated heterocycles. The van der Waals surface area contributed by atoms with Gasteiger partial charge in [0.25, 0.3) is 0 Å². The highest BCUT2D eigenvalue weighted by Gasteiger charge is 2.43. The molecule has 21 heteroatoms. The Balaban J connectivity index is 1.33. The number of aromatic nitrogens is 1. The van der Waals surface area contributed by atoms with E-state index in [4.69, 9.17) is 11.1 Å². The number of H-pyrrole nitrogens is 1. The highest BCUT2D eigenvalue weighted by molar-refractivity contribution is 5.97. The minimum Gasteiger partial charge on any atom is -0.480 e. The molecule has 2 aliphatic heterocycles. The van der Waals surface area contributed by atoms with E-state index in [1.807, 2.05) is 24.3 Å². The summed E-state index contributed by atoms with van der Waals surface area (Å²) in [5.41, 5.74) is 7.71. The molecule has 68 heavy (non-hydrogen) atoms. The average Bonchev–Trinajstić information content (AvgIpc) is 3.92. The Morgan fingerprint density at radius 3 is 2.26 bits per heavy atom. The van der Waals surface area contributed by atoms with E-state index in [1.165, 1.54) is 4.90 Å². The van der Waals surface area contributed by atoms with Crippen LogP contribution in [-0.4, -0.2) is 147 Å². The second-order valence-electron chi connectivity index (χ2n) is 18.0. The van der Waals surface area contributed by atoms with Crippen LogP contribution in [-0.2, 0) is 46.4 Å². The van der Waals surface area contributed by atoms with Gasteiger partial charge in [0, 0.05) is 49.6 Å². The Kier molecular flexibility index (Phi) is 18.3. The number of nitrogens with zero attached hydrogens (tertiary/aromatic N) is 1. The number of carboxylic acid groups (broad SMARTS) is 1. The molecule has 21 nitrogen and oxygen atoms in total. The number of hydrogen-bond acceptors (Lipinski definition) is 11. The molecule has 14 N–H and O–H groups in total. The van der Waals surface area contributed by atoms with Crippen molar-refractivity contribution in [3.63, 3.8) is 0 Å². The minimum absolute atomic E-state index is 0.000341. The van der Waals surface area contributed by atoms with Crippen molar-refractivity contribution in [1.29, 1.82) is 5.41 Å². The van der Waals surface area contributed by atoms with Crippen molar-refractivity contribution < 1.29 is 48.9 Å². The number of aliphatic hydroxyl groups is 2. The Bertz CT molecular complexity index is 2250. The van der Waals surface area contributed by atoms with E-state index in [2.05, 4.69) is 42.2 Å². The van der Waals surface area contributed by atoms with Gasteiger partial charge in [-0.2, -0.15) is 0 Å². The summed E-state index contributed by atoms with van der Waals surface area (Å²) < 4.78 is 0. The van der Waals surface area contributed by atoms with Gasteiger partial charge in [-0.3, -0.25) is 44.3 Å². The molecule has 1 saturated carbocycles. The molecule has 368 valence electrons. The lowest BCUT2D eigenvalue weighted by Gasteiger charge is -2.33. The van der Waals surface area contributed by atoms with Gasteiger partial charge in [-0.25, -0.2) is 0 Å². The van der Waals surface area contributed by atoms with Crippen molar-refractivity contribution >= 4 is 58.3 Å². The summed E-state index contributed by atoms with van der Waals surface area (Å²) in [5, 5.41) is 58.6. The number of carboxylic acids is 1. The fourth-order valence-corrected chi connectivity index (χ4v) is 9.28. The lowest BCUT2D eigenvalue weighted by Crippen LogP contribution is -2.60. The number of hydrogen-bond donors (Lipinski definition) is 13.